The quantitative estimate of drug-likeness (QED) is 0.792. The smallest absolute Gasteiger partial charge is 0.186 e. The Morgan fingerprint density at radius 1 is 1.40 bits per heavy atom. The van der Waals surface area contributed by atoms with Gasteiger partial charge in [0.25, 0.3) is 0 Å². The van der Waals surface area contributed by atoms with Gasteiger partial charge in [0.1, 0.15) is 0 Å². The fraction of sp³-hybridized carbons (Fsp3) is 0.917. The van der Waals surface area contributed by atoms with Crippen LogP contribution in [0.15, 0.2) is 0 Å². The van der Waals surface area contributed by atoms with Gasteiger partial charge in [0.15, 0.2) is 5.12 Å². The normalized spacial score (nSPS) is 32.7. The first-order chi connectivity index (χ1) is 6.80. The second-order valence-electron chi connectivity index (χ2n) is 5.29. The van der Waals surface area contributed by atoms with Gasteiger partial charge in [-0.2, -0.15) is 0 Å². The molecule has 1 aliphatic carbocycles. The molecule has 1 rings (SSSR count). The van der Waals surface area contributed by atoms with E-state index >= 15 is 0 Å². The highest BCUT2D eigenvalue weighted by Gasteiger charge is 2.36. The molecule has 2 unspecified atom stereocenters. The van der Waals surface area contributed by atoms with E-state index in [0.717, 1.165) is 19.3 Å². The Kier molecular flexibility index (Phi) is 4.24. The van der Waals surface area contributed by atoms with E-state index in [1.807, 2.05) is 13.8 Å². The van der Waals surface area contributed by atoms with Crippen molar-refractivity contribution < 1.29 is 9.90 Å². The first kappa shape index (κ1) is 13.0. The molecule has 0 amide bonds. The van der Waals surface area contributed by atoms with E-state index in [9.17, 15) is 9.90 Å². The minimum Gasteiger partial charge on any atom is -0.390 e. The van der Waals surface area contributed by atoms with Gasteiger partial charge in [0, 0.05) is 12.2 Å². The predicted molar refractivity (Wildman–Crippen MR) is 64.9 cm³/mol. The number of carbonyl (C=O) groups excluding carboxylic acids is 1. The number of carbonyl (C=O) groups is 1. The lowest BCUT2D eigenvalue weighted by molar-refractivity contribution is -0.109. The summed E-state index contributed by atoms with van der Waals surface area (Å²) in [6.45, 7) is 7.60. The molecular weight excluding hydrogens is 208 g/mol. The molecule has 1 saturated carbocycles. The van der Waals surface area contributed by atoms with Crippen LogP contribution < -0.4 is 0 Å². The lowest BCUT2D eigenvalue weighted by Crippen LogP contribution is -2.38. The zero-order valence-corrected chi connectivity index (χ0v) is 10.9. The summed E-state index contributed by atoms with van der Waals surface area (Å²) in [5.41, 5.74) is -0.601. The van der Waals surface area contributed by atoms with Crippen LogP contribution in [-0.2, 0) is 4.79 Å². The van der Waals surface area contributed by atoms with Gasteiger partial charge >= 0.3 is 0 Å². The molecule has 0 bridgehead atoms. The summed E-state index contributed by atoms with van der Waals surface area (Å²) in [6.07, 6.45) is 3.17. The SMILES string of the molecule is CC(=O)S[C@H]1CC(C(C)(C)O)CCC1C. The lowest BCUT2D eigenvalue weighted by atomic mass is 9.75. The van der Waals surface area contributed by atoms with Crippen LogP contribution in [0.2, 0.25) is 0 Å². The molecule has 0 spiro atoms. The topological polar surface area (TPSA) is 37.3 Å². The average Bonchev–Trinajstić information content (AvgIpc) is 2.06. The van der Waals surface area contributed by atoms with Gasteiger partial charge in [-0.25, -0.2) is 0 Å². The molecule has 2 nitrogen and oxygen atoms in total. The molecular formula is C12H22O2S. The summed E-state index contributed by atoms with van der Waals surface area (Å²) in [7, 11) is 0. The van der Waals surface area contributed by atoms with Gasteiger partial charge in [0.05, 0.1) is 5.60 Å². The molecule has 3 atom stereocenters. The summed E-state index contributed by atoms with van der Waals surface area (Å²) >= 11 is 1.45. The Labute approximate surface area is 96.8 Å². The van der Waals surface area contributed by atoms with Crippen LogP contribution in [0.4, 0.5) is 0 Å². The van der Waals surface area contributed by atoms with Crippen molar-refractivity contribution in [2.75, 3.05) is 0 Å². The van der Waals surface area contributed by atoms with Crippen LogP contribution >= 0.6 is 11.8 Å². The number of aliphatic hydroxyl groups is 1. The summed E-state index contributed by atoms with van der Waals surface area (Å²) in [5, 5.41) is 10.6. The van der Waals surface area contributed by atoms with E-state index in [4.69, 9.17) is 0 Å². The molecule has 0 saturated heterocycles. The maximum atomic E-state index is 11.1. The van der Waals surface area contributed by atoms with Crippen LogP contribution in [0, 0.1) is 11.8 Å². The van der Waals surface area contributed by atoms with Gasteiger partial charge in [-0.3, -0.25) is 4.79 Å². The van der Waals surface area contributed by atoms with Crippen molar-refractivity contribution in [2.45, 2.75) is 57.8 Å². The highest BCUT2D eigenvalue weighted by atomic mass is 32.2. The van der Waals surface area contributed by atoms with Crippen LogP contribution in [0.3, 0.4) is 0 Å². The second kappa shape index (κ2) is 4.88. The molecule has 0 aliphatic heterocycles. The second-order valence-corrected chi connectivity index (χ2v) is 6.70. The standard InChI is InChI=1S/C12H22O2S/c1-8-5-6-10(12(3,4)14)7-11(8)15-9(2)13/h8,10-11,14H,5-7H2,1-4H3/t8?,10?,11-/m0/s1. The summed E-state index contributed by atoms with van der Waals surface area (Å²) in [5.74, 6) is 0.933. The molecule has 0 aromatic rings. The zero-order valence-electron chi connectivity index (χ0n) is 10.1. The minimum atomic E-state index is -0.601. The van der Waals surface area contributed by atoms with Crippen molar-refractivity contribution in [2.24, 2.45) is 11.8 Å². The first-order valence-corrected chi connectivity index (χ1v) is 6.58. The molecule has 3 heteroatoms. The summed E-state index contributed by atoms with van der Waals surface area (Å²) in [4.78, 5) is 11.1. The Morgan fingerprint density at radius 2 is 2.00 bits per heavy atom. The van der Waals surface area contributed by atoms with Gasteiger partial charge in [-0.05, 0) is 44.9 Å². The van der Waals surface area contributed by atoms with Crippen molar-refractivity contribution in [1.29, 1.82) is 0 Å². The van der Waals surface area contributed by atoms with Crippen LogP contribution in [0.25, 0.3) is 0 Å². The van der Waals surface area contributed by atoms with Crippen LogP contribution in [0.5, 0.6) is 0 Å². The van der Waals surface area contributed by atoms with E-state index in [2.05, 4.69) is 6.92 Å². The van der Waals surface area contributed by atoms with Crippen molar-refractivity contribution in [1.82, 2.24) is 0 Å². The van der Waals surface area contributed by atoms with Gasteiger partial charge in [-0.15, -0.1) is 0 Å². The molecule has 1 N–H and O–H groups in total. The van der Waals surface area contributed by atoms with E-state index in [1.165, 1.54) is 11.8 Å². The minimum absolute atomic E-state index is 0.197. The fourth-order valence-electron chi connectivity index (χ4n) is 2.30. The number of hydrogen-bond acceptors (Lipinski definition) is 3. The molecule has 0 heterocycles. The number of hydrogen-bond donors (Lipinski definition) is 1. The Hall–Kier alpha value is -0.0200. The van der Waals surface area contributed by atoms with E-state index in [-0.39, 0.29) is 5.12 Å². The molecule has 1 aliphatic rings. The van der Waals surface area contributed by atoms with Crippen molar-refractivity contribution in [3.8, 4) is 0 Å². The highest BCUT2D eigenvalue weighted by molar-refractivity contribution is 8.14. The lowest BCUT2D eigenvalue weighted by Gasteiger charge is -2.39. The monoisotopic (exact) mass is 230 g/mol. The fourth-order valence-corrected chi connectivity index (χ4v) is 3.42. The Balaban J connectivity index is 2.60. The molecule has 1 fully saturated rings. The number of thioether (sulfide) groups is 1. The van der Waals surface area contributed by atoms with Gasteiger partial charge < -0.3 is 5.11 Å². The molecule has 0 aromatic heterocycles. The maximum Gasteiger partial charge on any atom is 0.186 e. The van der Waals surface area contributed by atoms with Crippen molar-refractivity contribution in [3.05, 3.63) is 0 Å². The van der Waals surface area contributed by atoms with E-state index in [1.54, 1.807) is 6.92 Å². The zero-order chi connectivity index (χ0) is 11.6. The van der Waals surface area contributed by atoms with Crippen LogP contribution in [-0.4, -0.2) is 21.1 Å². The third-order valence-corrected chi connectivity index (χ3v) is 4.73. The third-order valence-electron chi connectivity index (χ3n) is 3.44. The molecule has 0 radical (unpaired) electrons. The van der Waals surface area contributed by atoms with Crippen LogP contribution in [0.1, 0.15) is 47.0 Å². The largest absolute Gasteiger partial charge is 0.390 e. The molecule has 15 heavy (non-hydrogen) atoms. The van der Waals surface area contributed by atoms with Crippen molar-refractivity contribution in [3.63, 3.8) is 0 Å². The maximum absolute atomic E-state index is 11.1. The van der Waals surface area contributed by atoms with E-state index in [0.29, 0.717) is 17.1 Å². The Bertz CT molecular complexity index is 232. The third kappa shape index (κ3) is 3.80. The average molecular weight is 230 g/mol. The first-order valence-electron chi connectivity index (χ1n) is 5.70. The van der Waals surface area contributed by atoms with Crippen molar-refractivity contribution >= 4 is 16.9 Å². The van der Waals surface area contributed by atoms with Gasteiger partial charge in [-0.1, -0.05) is 18.7 Å². The predicted octanol–water partition coefficient (Wildman–Crippen LogP) is 2.84. The summed E-state index contributed by atoms with van der Waals surface area (Å²) in [6, 6.07) is 0. The highest BCUT2D eigenvalue weighted by Crippen LogP contribution is 2.40. The summed E-state index contributed by atoms with van der Waals surface area (Å²) < 4.78 is 0. The molecule has 0 aromatic carbocycles. The molecule has 88 valence electrons. The number of rotatable bonds is 2. The van der Waals surface area contributed by atoms with Gasteiger partial charge in [0.2, 0.25) is 0 Å². The van der Waals surface area contributed by atoms with E-state index < -0.39 is 5.60 Å². The Morgan fingerprint density at radius 3 is 2.47 bits per heavy atom.